The number of hydrogen-bond acceptors (Lipinski definition) is 2. The average Bonchev–Trinajstić information content (AvgIpc) is 2.83. The summed E-state index contributed by atoms with van der Waals surface area (Å²) < 4.78 is 0. The van der Waals surface area contributed by atoms with Gasteiger partial charge in [-0.25, -0.2) is 0 Å². The third-order valence-corrected chi connectivity index (χ3v) is 7.20. The number of amides is 1. The summed E-state index contributed by atoms with van der Waals surface area (Å²) in [4.78, 5) is 18.0. The first-order valence-corrected chi connectivity index (χ1v) is 13.9. The van der Waals surface area contributed by atoms with E-state index < -0.39 is 0 Å². The molecule has 1 aromatic carbocycles. The van der Waals surface area contributed by atoms with Crippen molar-refractivity contribution in [2.45, 2.75) is 110 Å². The molecule has 3 nitrogen and oxygen atoms in total. The van der Waals surface area contributed by atoms with E-state index in [4.69, 9.17) is 0 Å². The Labute approximate surface area is 204 Å². The van der Waals surface area contributed by atoms with Crippen molar-refractivity contribution in [1.82, 2.24) is 9.80 Å². The Morgan fingerprint density at radius 2 is 1.42 bits per heavy atom. The Balaban J connectivity index is 1.72. The minimum atomic E-state index is 0.222. The predicted octanol–water partition coefficient (Wildman–Crippen LogP) is 7.79. The molecule has 0 aromatic heterocycles. The lowest BCUT2D eigenvalue weighted by Crippen LogP contribution is -2.47. The van der Waals surface area contributed by atoms with Gasteiger partial charge in [-0.2, -0.15) is 0 Å². The topological polar surface area (TPSA) is 23.6 Å². The zero-order valence-corrected chi connectivity index (χ0v) is 21.7. The van der Waals surface area contributed by atoms with Gasteiger partial charge >= 0.3 is 0 Å². The largest absolute Gasteiger partial charge is 0.336 e. The molecule has 0 saturated carbocycles. The monoisotopic (exact) mass is 454 g/mol. The molecule has 1 aliphatic rings. The normalized spacial score (nSPS) is 15.0. The van der Waals surface area contributed by atoms with E-state index in [1.54, 1.807) is 0 Å². The molecular formula is C30H50N2O. The highest BCUT2D eigenvalue weighted by Crippen LogP contribution is 2.21. The third kappa shape index (κ3) is 10.9. The lowest BCUT2D eigenvalue weighted by Gasteiger charge is -2.38. The molecule has 1 heterocycles. The van der Waals surface area contributed by atoms with Crippen molar-refractivity contribution in [2.75, 3.05) is 26.2 Å². The van der Waals surface area contributed by atoms with Gasteiger partial charge in [0.2, 0.25) is 0 Å². The number of hydrogen-bond donors (Lipinski definition) is 0. The summed E-state index contributed by atoms with van der Waals surface area (Å²) in [5.41, 5.74) is 2.05. The summed E-state index contributed by atoms with van der Waals surface area (Å²) in [7, 11) is 0. The van der Waals surface area contributed by atoms with Crippen molar-refractivity contribution in [3.8, 4) is 0 Å². The fourth-order valence-corrected chi connectivity index (χ4v) is 5.03. The first-order chi connectivity index (χ1) is 16.2. The van der Waals surface area contributed by atoms with Crippen LogP contribution < -0.4 is 0 Å². The number of carbonyl (C=O) groups excluding carboxylic acids is 1. The average molecular weight is 455 g/mol. The Morgan fingerprint density at radius 3 is 1.94 bits per heavy atom. The van der Waals surface area contributed by atoms with Crippen LogP contribution in [0.3, 0.4) is 0 Å². The maximum atomic E-state index is 13.4. The molecule has 0 radical (unpaired) electrons. The van der Waals surface area contributed by atoms with Crippen molar-refractivity contribution in [3.05, 3.63) is 48.0 Å². The van der Waals surface area contributed by atoms with Crippen LogP contribution in [0.15, 0.2) is 36.9 Å². The Kier molecular flexibility index (Phi) is 14.2. The van der Waals surface area contributed by atoms with Crippen molar-refractivity contribution in [2.24, 2.45) is 0 Å². The molecule has 3 heteroatoms. The van der Waals surface area contributed by atoms with Gasteiger partial charge in [0.25, 0.3) is 5.91 Å². The van der Waals surface area contributed by atoms with E-state index >= 15 is 0 Å². The molecule has 1 aliphatic heterocycles. The van der Waals surface area contributed by atoms with Gasteiger partial charge in [-0.3, -0.25) is 9.69 Å². The number of benzene rings is 1. The number of piperidine rings is 1. The standard InChI is InChI=1S/C30H50N2O/c1-4-6-7-8-9-10-11-12-13-14-15-16-24-32(29-21-25-31(23-5-2)26-22-29)30(33)28-19-17-27(3)18-20-28/h5,17-20,29H,2,4,6-16,21-26H2,1,3H3. The Hall–Kier alpha value is -1.61. The van der Waals surface area contributed by atoms with Crippen LogP contribution in [0.4, 0.5) is 0 Å². The highest BCUT2D eigenvalue weighted by atomic mass is 16.2. The number of aryl methyl sites for hydroxylation is 1. The number of carbonyl (C=O) groups is 1. The second kappa shape index (κ2) is 16.9. The fourth-order valence-electron chi connectivity index (χ4n) is 5.03. The smallest absolute Gasteiger partial charge is 0.254 e. The summed E-state index contributed by atoms with van der Waals surface area (Å²) >= 11 is 0. The van der Waals surface area contributed by atoms with Crippen molar-refractivity contribution >= 4 is 5.91 Å². The fraction of sp³-hybridized carbons (Fsp3) is 0.700. The van der Waals surface area contributed by atoms with Gasteiger partial charge in [-0.1, -0.05) is 101 Å². The summed E-state index contributed by atoms with van der Waals surface area (Å²) in [6.07, 6.45) is 20.3. The third-order valence-electron chi connectivity index (χ3n) is 7.20. The van der Waals surface area contributed by atoms with Gasteiger partial charge in [-0.15, -0.1) is 6.58 Å². The first kappa shape index (κ1) is 27.6. The number of nitrogens with zero attached hydrogens (tertiary/aromatic N) is 2. The maximum absolute atomic E-state index is 13.4. The van der Waals surface area contributed by atoms with Crippen LogP contribution >= 0.6 is 0 Å². The molecule has 0 spiro atoms. The molecule has 0 bridgehead atoms. The highest BCUT2D eigenvalue weighted by molar-refractivity contribution is 5.94. The number of unbranched alkanes of at least 4 members (excludes halogenated alkanes) is 11. The minimum Gasteiger partial charge on any atom is -0.336 e. The lowest BCUT2D eigenvalue weighted by atomic mass is 10.0. The van der Waals surface area contributed by atoms with Gasteiger partial charge in [0, 0.05) is 37.8 Å². The summed E-state index contributed by atoms with van der Waals surface area (Å²) in [6, 6.07) is 8.48. The van der Waals surface area contributed by atoms with Crippen molar-refractivity contribution < 1.29 is 4.79 Å². The Morgan fingerprint density at radius 1 is 0.909 bits per heavy atom. The second-order valence-corrected chi connectivity index (χ2v) is 10.1. The zero-order chi connectivity index (χ0) is 23.7. The van der Waals surface area contributed by atoms with Gasteiger partial charge < -0.3 is 4.90 Å². The van der Waals surface area contributed by atoms with Crippen molar-refractivity contribution in [1.29, 1.82) is 0 Å². The van der Waals surface area contributed by atoms with Crippen LogP contribution in [0.1, 0.15) is 113 Å². The highest BCUT2D eigenvalue weighted by Gasteiger charge is 2.28. The van der Waals surface area contributed by atoms with Crippen LogP contribution in [-0.2, 0) is 0 Å². The van der Waals surface area contributed by atoms with Gasteiger partial charge in [-0.05, 0) is 38.3 Å². The van der Waals surface area contributed by atoms with Gasteiger partial charge in [0.05, 0.1) is 0 Å². The Bertz CT molecular complexity index is 646. The zero-order valence-electron chi connectivity index (χ0n) is 21.7. The van der Waals surface area contributed by atoms with E-state index in [-0.39, 0.29) is 5.91 Å². The lowest BCUT2D eigenvalue weighted by molar-refractivity contribution is 0.0576. The van der Waals surface area contributed by atoms with Crippen LogP contribution in [0.25, 0.3) is 0 Å². The molecule has 2 rings (SSSR count). The van der Waals surface area contributed by atoms with Crippen LogP contribution in [0.5, 0.6) is 0 Å². The molecule has 0 atom stereocenters. The summed E-state index contributed by atoms with van der Waals surface area (Å²) in [5, 5.41) is 0. The SMILES string of the molecule is C=CCN1CCC(N(CCCCCCCCCCCCCC)C(=O)c2ccc(C)cc2)CC1. The molecule has 1 aromatic rings. The molecular weight excluding hydrogens is 404 g/mol. The molecule has 0 unspecified atom stereocenters. The van der Waals surface area contributed by atoms with Gasteiger partial charge in [0.15, 0.2) is 0 Å². The van der Waals surface area contributed by atoms with E-state index in [2.05, 4.69) is 42.4 Å². The van der Waals surface area contributed by atoms with E-state index in [1.165, 1.54) is 76.2 Å². The molecule has 186 valence electrons. The molecule has 0 N–H and O–H groups in total. The van der Waals surface area contributed by atoms with Crippen LogP contribution in [0, 0.1) is 6.92 Å². The maximum Gasteiger partial charge on any atom is 0.254 e. The van der Waals surface area contributed by atoms with E-state index in [0.717, 1.165) is 51.0 Å². The summed E-state index contributed by atoms with van der Waals surface area (Å²) in [6.45, 7) is 12.2. The molecule has 1 saturated heterocycles. The van der Waals surface area contributed by atoms with Crippen LogP contribution in [-0.4, -0.2) is 47.9 Å². The van der Waals surface area contributed by atoms with Gasteiger partial charge in [0.1, 0.15) is 0 Å². The first-order valence-electron chi connectivity index (χ1n) is 13.9. The van der Waals surface area contributed by atoms with E-state index in [9.17, 15) is 4.79 Å². The van der Waals surface area contributed by atoms with E-state index in [0.29, 0.717) is 6.04 Å². The molecule has 1 amide bonds. The predicted molar refractivity (Wildman–Crippen MR) is 143 cm³/mol. The number of likely N-dealkylation sites (tertiary alicyclic amines) is 1. The van der Waals surface area contributed by atoms with Crippen molar-refractivity contribution in [3.63, 3.8) is 0 Å². The molecule has 33 heavy (non-hydrogen) atoms. The summed E-state index contributed by atoms with van der Waals surface area (Å²) in [5.74, 6) is 0.222. The minimum absolute atomic E-state index is 0.222. The molecule has 0 aliphatic carbocycles. The number of rotatable bonds is 17. The molecule has 1 fully saturated rings. The van der Waals surface area contributed by atoms with Crippen LogP contribution in [0.2, 0.25) is 0 Å². The van der Waals surface area contributed by atoms with E-state index in [1.807, 2.05) is 18.2 Å². The second-order valence-electron chi connectivity index (χ2n) is 10.1. The quantitative estimate of drug-likeness (QED) is 0.177.